The molecule has 3 atom stereocenters. The SMILES string of the molecule is COc1ccc2c3c1O[C@H]1C[C@@H](O)C=C[C@@]31CCN(C)C2.Nc1c2c(nc3ccccc13)CCCC2. The Labute approximate surface area is 212 Å². The van der Waals surface area contributed by atoms with Crippen LogP contribution in [0.1, 0.15) is 48.1 Å². The average Bonchev–Trinajstić information content (AvgIpc) is 3.15. The van der Waals surface area contributed by atoms with Gasteiger partial charge < -0.3 is 25.2 Å². The number of aryl methyl sites for hydroxylation is 1. The van der Waals surface area contributed by atoms with E-state index in [1.807, 2.05) is 30.3 Å². The van der Waals surface area contributed by atoms with Crippen LogP contribution in [-0.2, 0) is 24.8 Å². The van der Waals surface area contributed by atoms with Gasteiger partial charge in [0.2, 0.25) is 0 Å². The van der Waals surface area contributed by atoms with Gasteiger partial charge in [-0.05, 0) is 69.0 Å². The Morgan fingerprint density at radius 1 is 1.17 bits per heavy atom. The van der Waals surface area contributed by atoms with Crippen LogP contribution in [0.3, 0.4) is 0 Å². The Bertz CT molecular complexity index is 1340. The first-order valence-electron chi connectivity index (χ1n) is 13.1. The Balaban J connectivity index is 0.000000141. The lowest BCUT2D eigenvalue weighted by atomic mass is 9.69. The number of benzene rings is 2. The summed E-state index contributed by atoms with van der Waals surface area (Å²) in [4.78, 5) is 7.05. The molecule has 36 heavy (non-hydrogen) atoms. The highest BCUT2D eigenvalue weighted by molar-refractivity contribution is 5.92. The fraction of sp³-hybridized carbons (Fsp3) is 0.433. The number of para-hydroxylation sites is 1. The Kier molecular flexibility index (Phi) is 5.89. The minimum atomic E-state index is -0.412. The number of ether oxygens (including phenoxy) is 2. The summed E-state index contributed by atoms with van der Waals surface area (Å²) in [6.45, 7) is 1.96. The van der Waals surface area contributed by atoms with E-state index < -0.39 is 6.10 Å². The van der Waals surface area contributed by atoms with Crippen molar-refractivity contribution in [2.24, 2.45) is 0 Å². The minimum absolute atomic E-state index is 0.00838. The van der Waals surface area contributed by atoms with Crippen molar-refractivity contribution in [3.8, 4) is 11.5 Å². The summed E-state index contributed by atoms with van der Waals surface area (Å²) in [5, 5.41) is 11.1. The normalized spacial score (nSPS) is 26.1. The number of pyridine rings is 1. The molecule has 0 radical (unpaired) electrons. The topological polar surface area (TPSA) is 80.8 Å². The van der Waals surface area contributed by atoms with Crippen LogP contribution in [0.4, 0.5) is 5.69 Å². The number of fused-ring (bicyclic) bond motifs is 2. The molecule has 0 amide bonds. The van der Waals surface area contributed by atoms with Gasteiger partial charge in [-0.1, -0.05) is 36.4 Å². The molecule has 0 saturated carbocycles. The lowest BCUT2D eigenvalue weighted by Crippen LogP contribution is -2.42. The van der Waals surface area contributed by atoms with E-state index in [1.165, 1.54) is 35.2 Å². The maximum absolute atomic E-state index is 9.97. The molecule has 1 aromatic heterocycles. The summed E-state index contributed by atoms with van der Waals surface area (Å²) in [5.74, 6) is 1.68. The third-order valence-electron chi connectivity index (χ3n) is 8.36. The third kappa shape index (κ3) is 3.75. The molecule has 2 aromatic carbocycles. The van der Waals surface area contributed by atoms with Crippen LogP contribution in [0, 0.1) is 0 Å². The molecule has 7 rings (SSSR count). The zero-order valence-electron chi connectivity index (χ0n) is 21.2. The van der Waals surface area contributed by atoms with Gasteiger partial charge in [0.1, 0.15) is 6.10 Å². The van der Waals surface area contributed by atoms with E-state index in [-0.39, 0.29) is 11.5 Å². The number of aliphatic hydroxyl groups excluding tert-OH is 1. The number of nitrogens with two attached hydrogens (primary N) is 1. The first-order chi connectivity index (χ1) is 17.5. The van der Waals surface area contributed by atoms with Crippen molar-refractivity contribution in [3.63, 3.8) is 0 Å². The van der Waals surface area contributed by atoms with Crippen LogP contribution in [-0.4, -0.2) is 47.9 Å². The molecular weight excluding hydrogens is 450 g/mol. The van der Waals surface area contributed by atoms with E-state index in [0.29, 0.717) is 6.42 Å². The summed E-state index contributed by atoms with van der Waals surface area (Å²) >= 11 is 0. The first kappa shape index (κ1) is 23.3. The number of methoxy groups -OCH3 is 1. The summed E-state index contributed by atoms with van der Waals surface area (Å²) in [6, 6.07) is 12.3. The molecule has 2 aliphatic carbocycles. The van der Waals surface area contributed by atoms with Crippen LogP contribution >= 0.6 is 0 Å². The van der Waals surface area contributed by atoms with Crippen molar-refractivity contribution in [2.75, 3.05) is 26.4 Å². The number of nitrogens with zero attached hydrogens (tertiary/aromatic N) is 2. The van der Waals surface area contributed by atoms with Gasteiger partial charge >= 0.3 is 0 Å². The number of anilines is 1. The molecule has 188 valence electrons. The van der Waals surface area contributed by atoms with Crippen molar-refractivity contribution in [2.45, 2.75) is 62.7 Å². The number of aromatic nitrogens is 1. The standard InChI is InChI=1S/C17H21NO3.C13H14N2/c1-18-8-7-17-6-5-12(19)9-14(17)21-16-13(20-2)4-3-11(10-18)15(16)17;14-13-9-5-1-3-7-11(9)15-12-8-4-2-6-10(12)13/h3-6,12,14,19H,7-10H2,1-2H3;1,3,5,7H,2,4,6,8H2,(H2,14,15)/t12-,14-,17-;/m0./s1. The average molecular weight is 486 g/mol. The van der Waals surface area contributed by atoms with Crippen molar-refractivity contribution >= 4 is 16.6 Å². The number of aliphatic hydroxyl groups is 1. The summed E-state index contributed by atoms with van der Waals surface area (Å²) in [5.41, 5.74) is 13.2. The lowest BCUT2D eigenvalue weighted by Gasteiger charge is -2.35. The maximum atomic E-state index is 9.97. The first-order valence-corrected chi connectivity index (χ1v) is 13.1. The molecule has 0 saturated heterocycles. The van der Waals surface area contributed by atoms with E-state index in [1.54, 1.807) is 7.11 Å². The highest BCUT2D eigenvalue weighted by Crippen LogP contribution is 2.55. The highest BCUT2D eigenvalue weighted by atomic mass is 16.5. The van der Waals surface area contributed by atoms with Crippen LogP contribution in [0.25, 0.3) is 10.9 Å². The van der Waals surface area contributed by atoms with Crippen molar-refractivity contribution in [3.05, 3.63) is 70.9 Å². The maximum Gasteiger partial charge on any atom is 0.166 e. The van der Waals surface area contributed by atoms with Gasteiger partial charge in [-0.25, -0.2) is 0 Å². The largest absolute Gasteiger partial charge is 0.493 e. The second kappa shape index (κ2) is 9.09. The van der Waals surface area contributed by atoms with Crippen LogP contribution < -0.4 is 15.2 Å². The quantitative estimate of drug-likeness (QED) is 0.493. The predicted octanol–water partition coefficient (Wildman–Crippen LogP) is 4.55. The fourth-order valence-electron chi connectivity index (χ4n) is 6.49. The monoisotopic (exact) mass is 485 g/mol. The molecule has 3 N–H and O–H groups in total. The van der Waals surface area contributed by atoms with Crippen LogP contribution in [0.15, 0.2) is 48.6 Å². The summed E-state index contributed by atoms with van der Waals surface area (Å²) in [6.07, 6.45) is 10.1. The van der Waals surface area contributed by atoms with E-state index >= 15 is 0 Å². The molecule has 3 heterocycles. The van der Waals surface area contributed by atoms with Crippen molar-refractivity contribution in [1.29, 1.82) is 0 Å². The van der Waals surface area contributed by atoms with E-state index in [2.05, 4.69) is 30.2 Å². The van der Waals surface area contributed by atoms with E-state index in [4.69, 9.17) is 20.2 Å². The van der Waals surface area contributed by atoms with Gasteiger partial charge in [0, 0.05) is 35.3 Å². The van der Waals surface area contributed by atoms with Crippen molar-refractivity contribution in [1.82, 2.24) is 9.88 Å². The predicted molar refractivity (Wildman–Crippen MR) is 143 cm³/mol. The fourth-order valence-corrected chi connectivity index (χ4v) is 6.49. The second-order valence-electron chi connectivity index (χ2n) is 10.6. The Hall–Kier alpha value is -3.09. The van der Waals surface area contributed by atoms with Gasteiger partial charge in [-0.3, -0.25) is 4.98 Å². The second-order valence-corrected chi connectivity index (χ2v) is 10.6. The molecule has 4 aliphatic rings. The Morgan fingerprint density at radius 3 is 2.86 bits per heavy atom. The zero-order valence-corrected chi connectivity index (χ0v) is 21.2. The Morgan fingerprint density at radius 2 is 2.00 bits per heavy atom. The van der Waals surface area contributed by atoms with Gasteiger partial charge in [0.15, 0.2) is 11.5 Å². The number of nitrogen functional groups attached to an aromatic ring is 1. The minimum Gasteiger partial charge on any atom is -0.493 e. The van der Waals surface area contributed by atoms with E-state index in [0.717, 1.165) is 60.4 Å². The zero-order chi connectivity index (χ0) is 24.9. The van der Waals surface area contributed by atoms with Gasteiger partial charge in [0.05, 0.1) is 24.1 Å². The van der Waals surface area contributed by atoms with Gasteiger partial charge in [0.25, 0.3) is 0 Å². The number of hydrogen-bond donors (Lipinski definition) is 2. The van der Waals surface area contributed by atoms with Crippen molar-refractivity contribution < 1.29 is 14.6 Å². The van der Waals surface area contributed by atoms with Gasteiger partial charge in [-0.15, -0.1) is 0 Å². The lowest BCUT2D eigenvalue weighted by molar-refractivity contribution is 0.0821. The molecule has 2 aliphatic heterocycles. The molecule has 0 bridgehead atoms. The molecule has 6 heteroatoms. The highest BCUT2D eigenvalue weighted by Gasteiger charge is 2.52. The number of hydrogen-bond acceptors (Lipinski definition) is 6. The van der Waals surface area contributed by atoms with Crippen LogP contribution in [0.2, 0.25) is 0 Å². The molecule has 0 unspecified atom stereocenters. The molecular formula is C30H35N3O3. The molecule has 0 fully saturated rings. The molecule has 3 aromatic rings. The summed E-state index contributed by atoms with van der Waals surface area (Å²) < 4.78 is 11.8. The molecule has 6 nitrogen and oxygen atoms in total. The third-order valence-corrected chi connectivity index (χ3v) is 8.36. The van der Waals surface area contributed by atoms with Crippen LogP contribution in [0.5, 0.6) is 11.5 Å². The van der Waals surface area contributed by atoms with Gasteiger partial charge in [-0.2, -0.15) is 0 Å². The van der Waals surface area contributed by atoms with E-state index in [9.17, 15) is 5.11 Å². The molecule has 1 spiro atoms. The number of rotatable bonds is 1. The smallest absolute Gasteiger partial charge is 0.166 e. The summed E-state index contributed by atoms with van der Waals surface area (Å²) in [7, 11) is 3.84.